The summed E-state index contributed by atoms with van der Waals surface area (Å²) >= 11 is 0. The fourth-order valence-electron chi connectivity index (χ4n) is 1.39. The molecular formula is C9H18N2. The third-order valence-electron chi connectivity index (χ3n) is 2.08. The van der Waals surface area contributed by atoms with Gasteiger partial charge in [-0.3, -0.25) is 0 Å². The van der Waals surface area contributed by atoms with E-state index in [1.807, 2.05) is 7.05 Å². The molecule has 0 unspecified atom stereocenters. The molecule has 0 radical (unpaired) electrons. The summed E-state index contributed by atoms with van der Waals surface area (Å²) in [6.45, 7) is 3.39. The van der Waals surface area contributed by atoms with Gasteiger partial charge in [0.2, 0.25) is 0 Å². The standard InChI is InChI=1S/C9H18N2/c1-10-6-2-3-9-4-7-11-8-5-9/h4,10-11H,2-3,5-8H2,1H3. The molecule has 0 aromatic rings. The van der Waals surface area contributed by atoms with Crippen molar-refractivity contribution in [3.05, 3.63) is 11.6 Å². The molecule has 64 valence electrons. The van der Waals surface area contributed by atoms with Gasteiger partial charge in [0.15, 0.2) is 0 Å². The minimum absolute atomic E-state index is 1.08. The van der Waals surface area contributed by atoms with E-state index in [2.05, 4.69) is 16.7 Å². The van der Waals surface area contributed by atoms with Crippen molar-refractivity contribution in [2.75, 3.05) is 26.7 Å². The van der Waals surface area contributed by atoms with Crippen LogP contribution in [-0.2, 0) is 0 Å². The van der Waals surface area contributed by atoms with Crippen molar-refractivity contribution in [1.29, 1.82) is 0 Å². The first-order valence-corrected chi connectivity index (χ1v) is 4.46. The summed E-state index contributed by atoms with van der Waals surface area (Å²) in [5, 5.41) is 6.48. The van der Waals surface area contributed by atoms with Gasteiger partial charge in [-0.2, -0.15) is 0 Å². The summed E-state index contributed by atoms with van der Waals surface area (Å²) in [6, 6.07) is 0. The fraction of sp³-hybridized carbons (Fsp3) is 0.778. The van der Waals surface area contributed by atoms with Crippen LogP contribution in [0.3, 0.4) is 0 Å². The lowest BCUT2D eigenvalue weighted by atomic mass is 10.0. The van der Waals surface area contributed by atoms with Gasteiger partial charge in [0.05, 0.1) is 0 Å². The van der Waals surface area contributed by atoms with Gasteiger partial charge < -0.3 is 10.6 Å². The molecule has 0 bridgehead atoms. The van der Waals surface area contributed by atoms with E-state index in [0.717, 1.165) is 13.1 Å². The van der Waals surface area contributed by atoms with Gasteiger partial charge in [0, 0.05) is 6.54 Å². The predicted octanol–water partition coefficient (Wildman–Crippen LogP) is 0.906. The van der Waals surface area contributed by atoms with Gasteiger partial charge in [-0.05, 0) is 39.4 Å². The molecule has 0 atom stereocenters. The number of nitrogens with one attached hydrogen (secondary N) is 2. The maximum Gasteiger partial charge on any atom is 0.0137 e. The lowest BCUT2D eigenvalue weighted by molar-refractivity contribution is 0.649. The van der Waals surface area contributed by atoms with Crippen LogP contribution in [0.2, 0.25) is 0 Å². The maximum atomic E-state index is 3.31. The molecular weight excluding hydrogens is 136 g/mol. The Morgan fingerprint density at radius 3 is 3.18 bits per heavy atom. The summed E-state index contributed by atoms with van der Waals surface area (Å²) in [7, 11) is 2.01. The van der Waals surface area contributed by atoms with Gasteiger partial charge in [-0.15, -0.1) is 0 Å². The number of hydrogen-bond donors (Lipinski definition) is 2. The zero-order valence-corrected chi connectivity index (χ0v) is 7.32. The molecule has 0 saturated heterocycles. The highest BCUT2D eigenvalue weighted by Gasteiger charge is 2.00. The lowest BCUT2D eigenvalue weighted by Crippen LogP contribution is -2.20. The van der Waals surface area contributed by atoms with E-state index < -0.39 is 0 Å². The molecule has 1 heterocycles. The summed E-state index contributed by atoms with van der Waals surface area (Å²) in [6.07, 6.45) is 6.15. The molecule has 1 rings (SSSR count). The summed E-state index contributed by atoms with van der Waals surface area (Å²) in [5.41, 5.74) is 1.64. The molecule has 0 spiro atoms. The third kappa shape index (κ3) is 3.54. The zero-order valence-electron chi connectivity index (χ0n) is 7.32. The Balaban J connectivity index is 2.09. The van der Waals surface area contributed by atoms with Crippen molar-refractivity contribution < 1.29 is 0 Å². The normalized spacial score (nSPS) is 18.1. The molecule has 0 aromatic heterocycles. The average Bonchev–Trinajstić information content (AvgIpc) is 2.07. The molecule has 1 aliphatic rings. The third-order valence-corrected chi connectivity index (χ3v) is 2.08. The predicted molar refractivity (Wildman–Crippen MR) is 48.7 cm³/mol. The second kappa shape index (κ2) is 5.33. The van der Waals surface area contributed by atoms with Crippen molar-refractivity contribution in [2.45, 2.75) is 19.3 Å². The second-order valence-electron chi connectivity index (χ2n) is 3.02. The van der Waals surface area contributed by atoms with Crippen LogP contribution in [0, 0.1) is 0 Å². The van der Waals surface area contributed by atoms with E-state index in [4.69, 9.17) is 0 Å². The van der Waals surface area contributed by atoms with Crippen LogP contribution in [-0.4, -0.2) is 26.7 Å². The van der Waals surface area contributed by atoms with Crippen LogP contribution < -0.4 is 10.6 Å². The van der Waals surface area contributed by atoms with E-state index in [-0.39, 0.29) is 0 Å². The molecule has 2 nitrogen and oxygen atoms in total. The van der Waals surface area contributed by atoms with Crippen molar-refractivity contribution in [3.8, 4) is 0 Å². The number of rotatable bonds is 4. The highest BCUT2D eigenvalue weighted by molar-refractivity contribution is 5.06. The molecule has 0 fully saturated rings. The van der Waals surface area contributed by atoms with Crippen LogP contribution in [0.5, 0.6) is 0 Å². The quantitative estimate of drug-likeness (QED) is 0.464. The van der Waals surface area contributed by atoms with E-state index in [1.54, 1.807) is 5.57 Å². The van der Waals surface area contributed by atoms with Crippen LogP contribution in [0.25, 0.3) is 0 Å². The Morgan fingerprint density at radius 2 is 2.55 bits per heavy atom. The van der Waals surface area contributed by atoms with Crippen LogP contribution in [0.4, 0.5) is 0 Å². The van der Waals surface area contributed by atoms with Gasteiger partial charge in [-0.25, -0.2) is 0 Å². The minimum Gasteiger partial charge on any atom is -0.320 e. The fourth-order valence-corrected chi connectivity index (χ4v) is 1.39. The first-order chi connectivity index (χ1) is 5.43. The molecule has 1 aliphatic heterocycles. The summed E-state index contributed by atoms with van der Waals surface area (Å²) < 4.78 is 0. The van der Waals surface area contributed by atoms with Gasteiger partial charge >= 0.3 is 0 Å². The number of hydrogen-bond acceptors (Lipinski definition) is 2. The first-order valence-electron chi connectivity index (χ1n) is 4.46. The minimum atomic E-state index is 1.08. The molecule has 0 saturated carbocycles. The van der Waals surface area contributed by atoms with E-state index in [0.29, 0.717) is 0 Å². The van der Waals surface area contributed by atoms with E-state index in [1.165, 1.54) is 25.8 Å². The molecule has 11 heavy (non-hydrogen) atoms. The van der Waals surface area contributed by atoms with E-state index >= 15 is 0 Å². The largest absolute Gasteiger partial charge is 0.320 e. The summed E-state index contributed by atoms with van der Waals surface area (Å²) in [4.78, 5) is 0. The van der Waals surface area contributed by atoms with Gasteiger partial charge in [0.1, 0.15) is 0 Å². The Kier molecular flexibility index (Phi) is 4.24. The highest BCUT2D eigenvalue weighted by Crippen LogP contribution is 2.10. The van der Waals surface area contributed by atoms with Crippen LogP contribution in [0.15, 0.2) is 11.6 Å². The summed E-state index contributed by atoms with van der Waals surface area (Å²) in [5.74, 6) is 0. The van der Waals surface area contributed by atoms with Gasteiger partial charge in [0.25, 0.3) is 0 Å². The monoisotopic (exact) mass is 154 g/mol. The zero-order chi connectivity index (χ0) is 7.94. The highest BCUT2D eigenvalue weighted by atomic mass is 14.8. The van der Waals surface area contributed by atoms with E-state index in [9.17, 15) is 0 Å². The Hall–Kier alpha value is -0.340. The van der Waals surface area contributed by atoms with Crippen molar-refractivity contribution in [2.24, 2.45) is 0 Å². The molecule has 2 N–H and O–H groups in total. The van der Waals surface area contributed by atoms with Crippen LogP contribution in [0.1, 0.15) is 19.3 Å². The second-order valence-corrected chi connectivity index (χ2v) is 3.02. The maximum absolute atomic E-state index is 3.31. The van der Waals surface area contributed by atoms with Crippen LogP contribution >= 0.6 is 0 Å². The SMILES string of the molecule is CNCCCC1=CCNCC1. The Bertz CT molecular complexity index is 130. The molecule has 0 aromatic carbocycles. The lowest BCUT2D eigenvalue weighted by Gasteiger charge is -2.13. The topological polar surface area (TPSA) is 24.1 Å². The average molecular weight is 154 g/mol. The van der Waals surface area contributed by atoms with Gasteiger partial charge in [-0.1, -0.05) is 11.6 Å². The van der Waals surface area contributed by atoms with Crippen molar-refractivity contribution in [1.82, 2.24) is 10.6 Å². The molecule has 0 aliphatic carbocycles. The Morgan fingerprint density at radius 1 is 1.64 bits per heavy atom. The molecule has 0 amide bonds. The van der Waals surface area contributed by atoms with Crippen molar-refractivity contribution in [3.63, 3.8) is 0 Å². The first kappa shape index (κ1) is 8.75. The Labute approximate surface area is 69.1 Å². The smallest absolute Gasteiger partial charge is 0.0137 e. The van der Waals surface area contributed by atoms with Crippen molar-refractivity contribution >= 4 is 0 Å². The molecule has 2 heteroatoms.